The van der Waals surface area contributed by atoms with Gasteiger partial charge in [-0.2, -0.15) is 0 Å². The molecule has 0 spiro atoms. The Bertz CT molecular complexity index is 985. The summed E-state index contributed by atoms with van der Waals surface area (Å²) in [7, 11) is 0. The van der Waals surface area contributed by atoms with Gasteiger partial charge in [-0.25, -0.2) is 0 Å². The van der Waals surface area contributed by atoms with Crippen LogP contribution in [0.25, 0.3) is 0 Å². The van der Waals surface area contributed by atoms with Crippen LogP contribution < -0.4 is 16.2 Å². The van der Waals surface area contributed by atoms with Gasteiger partial charge in [0.25, 0.3) is 11.8 Å². The van der Waals surface area contributed by atoms with Crippen molar-refractivity contribution in [3.63, 3.8) is 0 Å². The number of nitrogens with one attached hydrogen (secondary N) is 4. The van der Waals surface area contributed by atoms with Crippen molar-refractivity contribution in [2.45, 2.75) is 6.42 Å². The summed E-state index contributed by atoms with van der Waals surface area (Å²) in [6.45, 7) is 0. The number of halogens is 1. The third-order valence-electron chi connectivity index (χ3n) is 3.82. The highest BCUT2D eigenvalue weighted by Gasteiger charge is 2.11. The lowest BCUT2D eigenvalue weighted by Crippen LogP contribution is -2.41. The van der Waals surface area contributed by atoms with Gasteiger partial charge in [-0.05, 0) is 48.0 Å². The lowest BCUT2D eigenvalue weighted by atomic mass is 10.1. The molecule has 0 atom stereocenters. The second kappa shape index (κ2) is 9.01. The molecule has 1 heterocycles. The van der Waals surface area contributed by atoms with E-state index in [-0.39, 0.29) is 12.3 Å². The molecule has 0 aliphatic rings. The van der Waals surface area contributed by atoms with E-state index in [1.165, 1.54) is 6.07 Å². The molecule has 8 heteroatoms. The minimum atomic E-state index is -0.496. The molecule has 1 aromatic heterocycles. The van der Waals surface area contributed by atoms with Crippen molar-refractivity contribution >= 4 is 39.3 Å². The molecule has 28 heavy (non-hydrogen) atoms. The Morgan fingerprint density at radius 3 is 2.36 bits per heavy atom. The predicted octanol–water partition coefficient (Wildman–Crippen LogP) is 3.03. The van der Waals surface area contributed by atoms with Crippen LogP contribution in [0.5, 0.6) is 0 Å². The Balaban J connectivity index is 1.56. The van der Waals surface area contributed by atoms with Gasteiger partial charge in [0.1, 0.15) is 5.69 Å². The smallest absolute Gasteiger partial charge is 0.286 e. The Hall–Kier alpha value is -3.39. The lowest BCUT2D eigenvalue weighted by Gasteiger charge is -2.09. The molecular weight excluding hydrogens is 424 g/mol. The average molecular weight is 441 g/mol. The molecule has 3 rings (SSSR count). The first kappa shape index (κ1) is 19.4. The number of carbonyl (C=O) groups is 3. The summed E-state index contributed by atoms with van der Waals surface area (Å²) >= 11 is 3.35. The van der Waals surface area contributed by atoms with Gasteiger partial charge in [0.15, 0.2) is 0 Å². The number of rotatable bonds is 5. The number of amides is 3. The van der Waals surface area contributed by atoms with Gasteiger partial charge in [-0.15, -0.1) is 0 Å². The highest BCUT2D eigenvalue weighted by molar-refractivity contribution is 9.10. The molecular formula is C20H17BrN4O3. The van der Waals surface area contributed by atoms with Crippen molar-refractivity contribution in [1.82, 2.24) is 15.8 Å². The zero-order chi connectivity index (χ0) is 19.9. The highest BCUT2D eigenvalue weighted by Crippen LogP contribution is 2.13. The molecule has 3 aromatic rings. The molecule has 0 aliphatic carbocycles. The molecule has 0 radical (unpaired) electrons. The Kier molecular flexibility index (Phi) is 6.23. The summed E-state index contributed by atoms with van der Waals surface area (Å²) in [5, 5.41) is 2.76. The van der Waals surface area contributed by atoms with E-state index in [1.807, 2.05) is 24.3 Å². The van der Waals surface area contributed by atoms with Gasteiger partial charge < -0.3 is 10.3 Å². The first-order valence-electron chi connectivity index (χ1n) is 8.40. The van der Waals surface area contributed by atoms with Gasteiger partial charge in [0, 0.05) is 21.9 Å². The summed E-state index contributed by atoms with van der Waals surface area (Å²) < 4.78 is 0.943. The summed E-state index contributed by atoms with van der Waals surface area (Å²) in [5.41, 5.74) is 6.65. The third-order valence-corrected chi connectivity index (χ3v) is 4.35. The van der Waals surface area contributed by atoms with Gasteiger partial charge >= 0.3 is 0 Å². The van der Waals surface area contributed by atoms with Crippen molar-refractivity contribution in [3.05, 3.63) is 88.2 Å². The van der Waals surface area contributed by atoms with E-state index in [0.717, 1.165) is 10.0 Å². The highest BCUT2D eigenvalue weighted by atomic mass is 79.9. The van der Waals surface area contributed by atoms with E-state index in [0.29, 0.717) is 16.9 Å². The van der Waals surface area contributed by atoms with Crippen LogP contribution in [0.15, 0.2) is 71.3 Å². The number of anilines is 1. The fourth-order valence-corrected chi connectivity index (χ4v) is 2.72. The number of H-pyrrole nitrogens is 1. The average Bonchev–Trinajstić information content (AvgIpc) is 3.23. The molecule has 0 bridgehead atoms. The van der Waals surface area contributed by atoms with Crippen LogP contribution in [-0.4, -0.2) is 22.7 Å². The number of hydrogen-bond acceptors (Lipinski definition) is 3. The van der Waals surface area contributed by atoms with Crippen LogP contribution in [0.1, 0.15) is 26.4 Å². The normalized spacial score (nSPS) is 10.2. The number of benzene rings is 2. The first-order chi connectivity index (χ1) is 13.5. The van der Waals surface area contributed by atoms with E-state index in [4.69, 9.17) is 0 Å². The van der Waals surface area contributed by atoms with Crippen molar-refractivity contribution in [2.24, 2.45) is 0 Å². The maximum atomic E-state index is 12.2. The second-order valence-electron chi connectivity index (χ2n) is 5.92. The van der Waals surface area contributed by atoms with Crippen molar-refractivity contribution in [1.29, 1.82) is 0 Å². The van der Waals surface area contributed by atoms with Crippen LogP contribution in [0, 0.1) is 0 Å². The van der Waals surface area contributed by atoms with Crippen molar-refractivity contribution in [2.75, 3.05) is 5.32 Å². The zero-order valence-electron chi connectivity index (χ0n) is 14.7. The third kappa shape index (κ3) is 5.31. The van der Waals surface area contributed by atoms with Crippen LogP contribution in [-0.2, 0) is 11.2 Å². The van der Waals surface area contributed by atoms with E-state index in [2.05, 4.69) is 37.1 Å². The predicted molar refractivity (Wildman–Crippen MR) is 109 cm³/mol. The van der Waals surface area contributed by atoms with Crippen molar-refractivity contribution in [3.8, 4) is 0 Å². The molecule has 0 saturated carbocycles. The summed E-state index contributed by atoms with van der Waals surface area (Å²) in [5.74, 6) is -1.15. The van der Waals surface area contributed by atoms with Gasteiger partial charge in [0.2, 0.25) is 5.91 Å². The molecule has 2 aromatic carbocycles. The fourth-order valence-electron chi connectivity index (χ4n) is 2.46. The van der Waals surface area contributed by atoms with Crippen LogP contribution in [0.4, 0.5) is 5.69 Å². The zero-order valence-corrected chi connectivity index (χ0v) is 16.2. The molecule has 4 N–H and O–H groups in total. The maximum Gasteiger partial charge on any atom is 0.286 e. The van der Waals surface area contributed by atoms with E-state index >= 15 is 0 Å². The molecule has 7 nitrogen and oxygen atoms in total. The van der Waals surface area contributed by atoms with Crippen LogP contribution in [0.2, 0.25) is 0 Å². The summed E-state index contributed by atoms with van der Waals surface area (Å²) in [6.07, 6.45) is 1.83. The molecule has 0 aliphatic heterocycles. The number of hydrazine groups is 1. The quantitative estimate of drug-likeness (QED) is 0.458. The minimum Gasteiger partial charge on any atom is -0.357 e. The van der Waals surface area contributed by atoms with E-state index in [9.17, 15) is 14.4 Å². The molecule has 0 fully saturated rings. The molecule has 3 amide bonds. The second-order valence-corrected chi connectivity index (χ2v) is 6.84. The summed E-state index contributed by atoms with van der Waals surface area (Å²) in [4.78, 5) is 39.0. The number of aromatic nitrogens is 1. The Labute approximate surface area is 169 Å². The van der Waals surface area contributed by atoms with Gasteiger partial charge in [-0.3, -0.25) is 25.2 Å². The number of hydrogen-bond donors (Lipinski definition) is 4. The van der Waals surface area contributed by atoms with Gasteiger partial charge in [-0.1, -0.05) is 34.1 Å². The Morgan fingerprint density at radius 2 is 1.64 bits per heavy atom. The van der Waals surface area contributed by atoms with Gasteiger partial charge in [0.05, 0.1) is 6.42 Å². The largest absolute Gasteiger partial charge is 0.357 e. The SMILES string of the molecule is O=C(Cc1ccc(Br)cc1)Nc1cccc(C(=O)NNC(=O)c2ccc[nH]2)c1. The summed E-state index contributed by atoms with van der Waals surface area (Å²) in [6, 6.07) is 17.2. The number of aromatic amines is 1. The van der Waals surface area contributed by atoms with Crippen LogP contribution in [0.3, 0.4) is 0 Å². The first-order valence-corrected chi connectivity index (χ1v) is 9.19. The molecule has 142 valence electrons. The number of carbonyl (C=O) groups excluding carboxylic acids is 3. The molecule has 0 unspecified atom stereocenters. The van der Waals surface area contributed by atoms with Crippen LogP contribution >= 0.6 is 15.9 Å². The lowest BCUT2D eigenvalue weighted by molar-refractivity contribution is -0.115. The van der Waals surface area contributed by atoms with Crippen molar-refractivity contribution < 1.29 is 14.4 Å². The Morgan fingerprint density at radius 1 is 0.893 bits per heavy atom. The molecule has 0 saturated heterocycles. The minimum absolute atomic E-state index is 0.195. The monoisotopic (exact) mass is 440 g/mol. The fraction of sp³-hybridized carbons (Fsp3) is 0.0500. The topological polar surface area (TPSA) is 103 Å². The maximum absolute atomic E-state index is 12.2. The standard InChI is InChI=1S/C20H17BrN4O3/c21-15-8-6-13(7-9-15)11-18(26)23-16-4-1-3-14(12-16)19(27)24-25-20(28)17-5-2-10-22-17/h1-10,12,22H,11H2,(H,23,26)(H,24,27)(H,25,28). The van der Waals surface area contributed by atoms with E-state index < -0.39 is 11.8 Å². The van der Waals surface area contributed by atoms with E-state index in [1.54, 1.807) is 36.5 Å².